The van der Waals surface area contributed by atoms with Gasteiger partial charge in [0.05, 0.1) is 27.9 Å². The van der Waals surface area contributed by atoms with E-state index in [1.807, 2.05) is 48.5 Å². The lowest BCUT2D eigenvalue weighted by molar-refractivity contribution is -0.384. The van der Waals surface area contributed by atoms with Crippen molar-refractivity contribution in [2.24, 2.45) is 16.8 Å². The van der Waals surface area contributed by atoms with Crippen molar-refractivity contribution in [1.82, 2.24) is 0 Å². The number of hydrogen-bond donors (Lipinski definition) is 0. The van der Waals surface area contributed by atoms with E-state index in [0.717, 1.165) is 27.2 Å². The van der Waals surface area contributed by atoms with E-state index in [0.29, 0.717) is 10.7 Å². The average molecular weight is 534 g/mol. The van der Waals surface area contributed by atoms with Gasteiger partial charge in [-0.2, -0.15) is 0 Å². The van der Waals surface area contributed by atoms with Crippen molar-refractivity contribution >= 4 is 46.7 Å². The number of aliphatic imine (C=N–C) groups is 1. The lowest BCUT2D eigenvalue weighted by Crippen LogP contribution is -2.54. The Balaban J connectivity index is 1.50. The Morgan fingerprint density at radius 2 is 1.41 bits per heavy atom. The zero-order valence-corrected chi connectivity index (χ0v) is 21.2. The van der Waals surface area contributed by atoms with E-state index < -0.39 is 34.0 Å². The fraction of sp³-hybridized carbons (Fsp3) is 0.129. The average Bonchev–Trinajstić information content (AvgIpc) is 3.23. The third-order valence-corrected chi connectivity index (χ3v) is 8.50. The lowest BCUT2D eigenvalue weighted by Gasteiger charge is -2.52. The second-order valence-electron chi connectivity index (χ2n) is 10.0. The molecule has 7 nitrogen and oxygen atoms in total. The number of anilines is 1. The third kappa shape index (κ3) is 3.14. The van der Waals surface area contributed by atoms with Gasteiger partial charge in [0.15, 0.2) is 0 Å². The number of nitro groups is 1. The van der Waals surface area contributed by atoms with Gasteiger partial charge < -0.3 is 0 Å². The van der Waals surface area contributed by atoms with E-state index in [1.165, 1.54) is 18.2 Å². The monoisotopic (exact) mass is 533 g/mol. The first kappa shape index (κ1) is 23.5. The summed E-state index contributed by atoms with van der Waals surface area (Å²) in [6.45, 7) is 0. The van der Waals surface area contributed by atoms with Crippen LogP contribution in [0.25, 0.3) is 0 Å². The highest BCUT2D eigenvalue weighted by atomic mass is 35.5. The van der Waals surface area contributed by atoms with Crippen molar-refractivity contribution in [2.75, 3.05) is 4.90 Å². The Labute approximate surface area is 228 Å². The summed E-state index contributed by atoms with van der Waals surface area (Å²) in [5, 5.41) is 12.5. The van der Waals surface area contributed by atoms with Crippen LogP contribution >= 0.6 is 11.6 Å². The van der Waals surface area contributed by atoms with Crippen molar-refractivity contribution < 1.29 is 14.5 Å². The lowest BCUT2D eigenvalue weighted by atomic mass is 9.47. The van der Waals surface area contributed by atoms with Crippen LogP contribution in [0.4, 0.5) is 17.1 Å². The van der Waals surface area contributed by atoms with E-state index in [2.05, 4.69) is 0 Å². The largest absolute Gasteiger partial charge is 0.293 e. The minimum absolute atomic E-state index is 0.01000. The number of imide groups is 1. The summed E-state index contributed by atoms with van der Waals surface area (Å²) in [7, 11) is 0. The molecule has 1 saturated heterocycles. The smallest absolute Gasteiger partial charge is 0.274 e. The van der Waals surface area contributed by atoms with Gasteiger partial charge in [-0.1, -0.05) is 72.3 Å². The minimum Gasteiger partial charge on any atom is -0.274 e. The molecule has 2 bridgehead atoms. The highest BCUT2D eigenvalue weighted by Gasteiger charge is 2.68. The number of amides is 2. The number of nitro benzene ring substituents is 1. The number of rotatable bonds is 4. The molecule has 0 unspecified atom stereocenters. The second-order valence-corrected chi connectivity index (χ2v) is 10.5. The van der Waals surface area contributed by atoms with Crippen LogP contribution in [0.5, 0.6) is 0 Å². The number of hydrogen-bond acceptors (Lipinski definition) is 5. The molecule has 39 heavy (non-hydrogen) atoms. The normalized spacial score (nSPS) is 24.5. The Morgan fingerprint density at radius 1 is 0.821 bits per heavy atom. The maximum Gasteiger partial charge on any atom is 0.293 e. The second kappa shape index (κ2) is 8.44. The maximum absolute atomic E-state index is 14.4. The number of carbonyl (C=O) groups is 2. The number of para-hydroxylation sites is 2. The molecule has 0 radical (unpaired) electrons. The van der Waals surface area contributed by atoms with Gasteiger partial charge in [-0.15, -0.1) is 0 Å². The fourth-order valence-electron chi connectivity index (χ4n) is 6.80. The molecule has 4 aromatic rings. The Hall–Kier alpha value is -4.62. The van der Waals surface area contributed by atoms with Gasteiger partial charge >= 0.3 is 0 Å². The van der Waals surface area contributed by atoms with Crippen molar-refractivity contribution in [3.63, 3.8) is 0 Å². The van der Waals surface area contributed by atoms with E-state index in [-0.39, 0.29) is 17.3 Å². The first-order chi connectivity index (χ1) is 18.9. The maximum atomic E-state index is 14.4. The fourth-order valence-corrected chi connectivity index (χ4v) is 6.92. The van der Waals surface area contributed by atoms with Crippen LogP contribution in [-0.4, -0.2) is 23.0 Å². The number of nitrogens with zero attached hydrogens (tertiary/aromatic N) is 3. The van der Waals surface area contributed by atoms with Crippen LogP contribution in [0.2, 0.25) is 5.02 Å². The zero-order chi connectivity index (χ0) is 26.9. The Morgan fingerprint density at radius 3 is 2.05 bits per heavy atom. The van der Waals surface area contributed by atoms with Crippen LogP contribution < -0.4 is 4.90 Å². The number of carbonyl (C=O) groups excluding carboxylic acids is 2. The molecule has 1 heterocycles. The van der Waals surface area contributed by atoms with Crippen molar-refractivity contribution in [2.45, 2.75) is 11.3 Å². The van der Waals surface area contributed by atoms with Crippen LogP contribution in [0.1, 0.15) is 28.2 Å². The van der Waals surface area contributed by atoms with Gasteiger partial charge in [-0.05, 0) is 52.6 Å². The Bertz CT molecular complexity index is 1680. The summed E-state index contributed by atoms with van der Waals surface area (Å²) in [6, 6.07) is 28.7. The molecule has 4 aromatic carbocycles. The van der Waals surface area contributed by atoms with Gasteiger partial charge in [-0.25, -0.2) is 4.90 Å². The van der Waals surface area contributed by atoms with Crippen LogP contribution in [0, 0.1) is 22.0 Å². The summed E-state index contributed by atoms with van der Waals surface area (Å²) in [6.07, 6.45) is 1.79. The van der Waals surface area contributed by atoms with Gasteiger partial charge in [0, 0.05) is 23.2 Å². The molecule has 0 spiro atoms. The molecule has 3 aliphatic carbocycles. The summed E-state index contributed by atoms with van der Waals surface area (Å²) in [5.74, 6) is -2.82. The summed E-state index contributed by atoms with van der Waals surface area (Å²) < 4.78 is 0. The molecular formula is C31H20ClN3O4. The molecule has 1 fully saturated rings. The molecule has 8 heteroatoms. The Kier molecular flexibility index (Phi) is 5.09. The molecule has 2 amide bonds. The van der Waals surface area contributed by atoms with Crippen molar-refractivity contribution in [1.29, 1.82) is 0 Å². The SMILES string of the molecule is O=C1[C@@H]2C3c4ccccc4C(C=Nc4ccc(Cl)cc4)(c4ccccc43)[C@H]2C(=O)N1c1ccccc1[N+](=O)[O-]. The van der Waals surface area contributed by atoms with Crippen molar-refractivity contribution in [3.05, 3.63) is 134 Å². The first-order valence-corrected chi connectivity index (χ1v) is 12.9. The molecule has 4 aliphatic rings. The number of halogens is 1. The van der Waals surface area contributed by atoms with Crippen molar-refractivity contribution in [3.8, 4) is 0 Å². The summed E-state index contributed by atoms with van der Waals surface area (Å²) >= 11 is 6.09. The molecule has 0 aromatic heterocycles. The van der Waals surface area contributed by atoms with Gasteiger partial charge in [0.1, 0.15) is 5.69 Å². The van der Waals surface area contributed by atoms with E-state index in [4.69, 9.17) is 16.6 Å². The van der Waals surface area contributed by atoms with E-state index in [9.17, 15) is 19.7 Å². The molecule has 0 N–H and O–H groups in total. The molecule has 2 atom stereocenters. The zero-order valence-electron chi connectivity index (χ0n) is 20.4. The first-order valence-electron chi connectivity index (χ1n) is 12.5. The molecule has 1 aliphatic heterocycles. The summed E-state index contributed by atoms with van der Waals surface area (Å²) in [5.41, 5.74) is 3.05. The third-order valence-electron chi connectivity index (χ3n) is 8.25. The molecular weight excluding hydrogens is 514 g/mol. The van der Waals surface area contributed by atoms with Crippen LogP contribution in [0.15, 0.2) is 102 Å². The van der Waals surface area contributed by atoms with E-state index in [1.54, 1.807) is 36.5 Å². The number of benzene rings is 4. The standard InChI is InChI=1S/C31H20ClN3O4/c32-18-13-15-19(16-14-18)33-17-31-22-9-3-1-7-20(22)26(21-8-2-4-10-23(21)31)27-28(31)30(37)34(29(27)36)24-11-5-6-12-25(24)35(38)39/h1-17,26-28H/t26?,27-,28-,31?/m1/s1. The topological polar surface area (TPSA) is 92.9 Å². The molecule has 0 saturated carbocycles. The highest BCUT2D eigenvalue weighted by molar-refractivity contribution is 6.30. The molecule has 8 rings (SSSR count). The summed E-state index contributed by atoms with van der Waals surface area (Å²) in [4.78, 5) is 45.8. The van der Waals surface area contributed by atoms with Crippen LogP contribution in [0.3, 0.4) is 0 Å². The van der Waals surface area contributed by atoms with Gasteiger partial charge in [0.2, 0.25) is 11.8 Å². The molecule has 190 valence electrons. The van der Waals surface area contributed by atoms with E-state index >= 15 is 0 Å². The predicted molar refractivity (Wildman–Crippen MR) is 148 cm³/mol. The van der Waals surface area contributed by atoms with Gasteiger partial charge in [0.25, 0.3) is 5.69 Å². The van der Waals surface area contributed by atoms with Crippen LogP contribution in [-0.2, 0) is 15.0 Å². The quantitative estimate of drug-likeness (QED) is 0.135. The van der Waals surface area contributed by atoms with Gasteiger partial charge in [-0.3, -0.25) is 24.7 Å². The minimum atomic E-state index is -1.06. The predicted octanol–water partition coefficient (Wildman–Crippen LogP) is 6.20. The highest BCUT2D eigenvalue weighted by Crippen LogP contribution is 2.64.